The zero-order valence-electron chi connectivity index (χ0n) is 9.31. The Morgan fingerprint density at radius 1 is 0.667 bits per heavy atom. The van der Waals surface area contributed by atoms with E-state index < -0.39 is 12.2 Å². The van der Waals surface area contributed by atoms with Gasteiger partial charge in [0.15, 0.2) is 0 Å². The maximum atomic E-state index is 9.73. The molecule has 2 nitrogen and oxygen atoms in total. The molecule has 0 spiro atoms. The first-order valence-electron chi connectivity index (χ1n) is 6.60. The summed E-state index contributed by atoms with van der Waals surface area (Å²) in [4.78, 5) is 0. The number of hydrogen-bond acceptors (Lipinski definition) is 2. The van der Waals surface area contributed by atoms with Crippen molar-refractivity contribution in [1.29, 1.82) is 0 Å². The van der Waals surface area contributed by atoms with Crippen LogP contribution >= 0.6 is 0 Å². The fraction of sp³-hybridized carbons (Fsp3) is 1.00. The van der Waals surface area contributed by atoms with Crippen molar-refractivity contribution in [2.45, 2.75) is 57.2 Å². The number of fused-ring (bicyclic) bond motifs is 2. The van der Waals surface area contributed by atoms with Crippen molar-refractivity contribution in [3.05, 3.63) is 0 Å². The van der Waals surface area contributed by atoms with Crippen LogP contribution in [0.25, 0.3) is 0 Å². The molecule has 3 fully saturated rings. The normalized spacial score (nSPS) is 54.8. The van der Waals surface area contributed by atoms with Gasteiger partial charge >= 0.3 is 0 Å². The second-order valence-corrected chi connectivity index (χ2v) is 6.05. The van der Waals surface area contributed by atoms with Crippen molar-refractivity contribution in [2.24, 2.45) is 23.7 Å². The second kappa shape index (κ2) is 3.74. The molecule has 0 amide bonds. The highest BCUT2D eigenvalue weighted by Gasteiger charge is 2.44. The number of aliphatic hydroxyl groups excluding tert-OH is 2. The first-order chi connectivity index (χ1) is 7.24. The molecule has 2 bridgehead atoms. The van der Waals surface area contributed by atoms with Crippen LogP contribution in [-0.2, 0) is 0 Å². The molecule has 3 aliphatic carbocycles. The molecular weight excluding hydrogens is 188 g/mol. The summed E-state index contributed by atoms with van der Waals surface area (Å²) in [6.45, 7) is 0. The number of aliphatic hydroxyl groups is 2. The highest BCUT2D eigenvalue weighted by molar-refractivity contribution is 4.95. The van der Waals surface area contributed by atoms with Crippen LogP contribution in [-0.4, -0.2) is 22.4 Å². The van der Waals surface area contributed by atoms with Gasteiger partial charge in [-0.15, -0.1) is 0 Å². The number of hydrogen-bond donors (Lipinski definition) is 2. The molecule has 3 saturated carbocycles. The topological polar surface area (TPSA) is 40.5 Å². The second-order valence-electron chi connectivity index (χ2n) is 6.05. The molecule has 0 radical (unpaired) electrons. The molecule has 0 aromatic heterocycles. The van der Waals surface area contributed by atoms with Crippen LogP contribution in [0.15, 0.2) is 0 Å². The SMILES string of the molecule is O[C@H]1CC[C@H]([C@H]2C[C@@H]3CC[C@H]2C3)C[C@@H]1O. The van der Waals surface area contributed by atoms with E-state index in [0.29, 0.717) is 5.92 Å². The van der Waals surface area contributed by atoms with Crippen LogP contribution in [0.4, 0.5) is 0 Å². The average molecular weight is 210 g/mol. The highest BCUT2D eigenvalue weighted by atomic mass is 16.3. The molecule has 15 heavy (non-hydrogen) atoms. The van der Waals surface area contributed by atoms with Gasteiger partial charge in [-0.3, -0.25) is 0 Å². The van der Waals surface area contributed by atoms with Crippen molar-refractivity contribution in [2.75, 3.05) is 0 Å². The Morgan fingerprint density at radius 2 is 1.40 bits per heavy atom. The molecule has 0 aliphatic heterocycles. The van der Waals surface area contributed by atoms with E-state index in [9.17, 15) is 10.2 Å². The average Bonchev–Trinajstić information content (AvgIpc) is 2.83. The van der Waals surface area contributed by atoms with Crippen LogP contribution in [0.5, 0.6) is 0 Å². The molecule has 0 saturated heterocycles. The summed E-state index contributed by atoms with van der Waals surface area (Å²) >= 11 is 0. The minimum absolute atomic E-state index is 0.442. The van der Waals surface area contributed by atoms with Gasteiger partial charge < -0.3 is 10.2 Å². The van der Waals surface area contributed by atoms with Crippen molar-refractivity contribution >= 4 is 0 Å². The Morgan fingerprint density at radius 3 is 2.00 bits per heavy atom. The molecular formula is C13H22O2. The minimum atomic E-state index is -0.445. The van der Waals surface area contributed by atoms with E-state index in [1.54, 1.807) is 0 Å². The largest absolute Gasteiger partial charge is 0.390 e. The first kappa shape index (κ1) is 10.1. The smallest absolute Gasteiger partial charge is 0.0801 e. The van der Waals surface area contributed by atoms with Crippen LogP contribution in [0, 0.1) is 23.7 Å². The quantitative estimate of drug-likeness (QED) is 0.694. The van der Waals surface area contributed by atoms with Gasteiger partial charge in [0.25, 0.3) is 0 Å². The molecule has 2 N–H and O–H groups in total. The molecule has 86 valence electrons. The van der Waals surface area contributed by atoms with Gasteiger partial charge in [-0.1, -0.05) is 6.42 Å². The lowest BCUT2D eigenvalue weighted by molar-refractivity contribution is -0.0392. The standard InChI is InChI=1S/C13H22O2/c14-12-4-3-10(7-13(12)15)11-6-8-1-2-9(11)5-8/h8-15H,1-7H2/t8-,9+,10+,11+,12+,13+/m1/s1. The predicted molar refractivity (Wildman–Crippen MR) is 58.3 cm³/mol. The van der Waals surface area contributed by atoms with Gasteiger partial charge in [0.05, 0.1) is 12.2 Å². The molecule has 0 aromatic carbocycles. The summed E-state index contributed by atoms with van der Waals surface area (Å²) in [5.74, 6) is 3.55. The Bertz CT molecular complexity index is 241. The third kappa shape index (κ3) is 1.72. The zero-order valence-corrected chi connectivity index (χ0v) is 9.31. The fourth-order valence-electron chi connectivity index (χ4n) is 4.42. The fourth-order valence-corrected chi connectivity index (χ4v) is 4.42. The van der Waals surface area contributed by atoms with Gasteiger partial charge in [-0.25, -0.2) is 0 Å². The maximum Gasteiger partial charge on any atom is 0.0801 e. The summed E-state index contributed by atoms with van der Waals surface area (Å²) < 4.78 is 0. The van der Waals surface area contributed by atoms with E-state index in [-0.39, 0.29) is 0 Å². The molecule has 0 aromatic rings. The molecule has 2 heteroatoms. The lowest BCUT2D eigenvalue weighted by Gasteiger charge is -2.37. The number of rotatable bonds is 1. The van der Waals surface area contributed by atoms with Crippen molar-refractivity contribution in [3.8, 4) is 0 Å². The zero-order chi connectivity index (χ0) is 10.4. The van der Waals surface area contributed by atoms with E-state index in [2.05, 4.69) is 0 Å². The predicted octanol–water partition coefficient (Wildman–Crippen LogP) is 1.94. The van der Waals surface area contributed by atoms with Crippen LogP contribution in [0.3, 0.4) is 0 Å². The lowest BCUT2D eigenvalue weighted by Crippen LogP contribution is -2.37. The maximum absolute atomic E-state index is 9.73. The van der Waals surface area contributed by atoms with E-state index in [4.69, 9.17) is 0 Å². The third-order valence-corrected chi connectivity index (χ3v) is 5.22. The van der Waals surface area contributed by atoms with Gasteiger partial charge in [-0.05, 0) is 62.2 Å². The van der Waals surface area contributed by atoms with E-state index in [0.717, 1.165) is 37.0 Å². The van der Waals surface area contributed by atoms with Crippen LogP contribution in [0.2, 0.25) is 0 Å². The van der Waals surface area contributed by atoms with Crippen molar-refractivity contribution < 1.29 is 10.2 Å². The Labute approximate surface area is 91.7 Å². The van der Waals surface area contributed by atoms with E-state index in [1.165, 1.54) is 25.7 Å². The van der Waals surface area contributed by atoms with Crippen molar-refractivity contribution in [3.63, 3.8) is 0 Å². The summed E-state index contributed by atoms with van der Waals surface area (Å²) in [5, 5.41) is 19.2. The van der Waals surface area contributed by atoms with Gasteiger partial charge in [0.1, 0.15) is 0 Å². The van der Waals surface area contributed by atoms with Crippen molar-refractivity contribution in [1.82, 2.24) is 0 Å². The summed E-state index contributed by atoms with van der Waals surface area (Å²) in [7, 11) is 0. The van der Waals surface area contributed by atoms with Gasteiger partial charge in [0, 0.05) is 0 Å². The van der Waals surface area contributed by atoms with Gasteiger partial charge in [-0.2, -0.15) is 0 Å². The molecule has 6 atom stereocenters. The summed E-state index contributed by atoms with van der Waals surface area (Å²) in [6, 6.07) is 0. The van der Waals surface area contributed by atoms with Crippen LogP contribution < -0.4 is 0 Å². The van der Waals surface area contributed by atoms with E-state index in [1.807, 2.05) is 0 Å². The highest BCUT2D eigenvalue weighted by Crippen LogP contribution is 2.53. The molecule has 0 heterocycles. The summed E-state index contributed by atoms with van der Waals surface area (Å²) in [5.41, 5.74) is 0. The van der Waals surface area contributed by atoms with E-state index >= 15 is 0 Å². The monoisotopic (exact) mass is 210 g/mol. The minimum Gasteiger partial charge on any atom is -0.390 e. The summed E-state index contributed by atoms with van der Waals surface area (Å²) in [6.07, 6.45) is 7.70. The Hall–Kier alpha value is -0.0800. The first-order valence-corrected chi connectivity index (χ1v) is 6.60. The van der Waals surface area contributed by atoms with Gasteiger partial charge in [0.2, 0.25) is 0 Å². The molecule has 3 aliphatic rings. The molecule has 0 unspecified atom stereocenters. The Balaban J connectivity index is 1.63. The molecule has 3 rings (SSSR count). The lowest BCUT2D eigenvalue weighted by atomic mass is 9.71. The third-order valence-electron chi connectivity index (χ3n) is 5.22. The Kier molecular flexibility index (Phi) is 2.52. The van der Waals surface area contributed by atoms with Crippen LogP contribution in [0.1, 0.15) is 44.9 Å².